The molecule has 0 aliphatic rings. The molecule has 84 valence electrons. The fourth-order valence-electron chi connectivity index (χ4n) is 1.67. The van der Waals surface area contributed by atoms with Gasteiger partial charge in [-0.1, -0.05) is 24.3 Å². The quantitative estimate of drug-likeness (QED) is 0.721. The Labute approximate surface area is 102 Å². The molecule has 0 radical (unpaired) electrons. The van der Waals surface area contributed by atoms with Crippen LogP contribution in [0.5, 0.6) is 5.75 Å². The van der Waals surface area contributed by atoms with E-state index < -0.39 is 0 Å². The lowest BCUT2D eigenvalue weighted by atomic mass is 10.1. The van der Waals surface area contributed by atoms with Crippen LogP contribution in [0.4, 0.5) is 0 Å². The normalized spacial score (nSPS) is 11.8. The van der Waals surface area contributed by atoms with Gasteiger partial charge in [-0.05, 0) is 38.3 Å². The number of hydrogen-bond acceptors (Lipinski definition) is 2. The second kappa shape index (κ2) is 4.02. The summed E-state index contributed by atoms with van der Waals surface area (Å²) in [5, 5.41) is 2.25. The molecule has 0 aromatic heterocycles. The first-order valence-electron chi connectivity index (χ1n) is 5.37. The van der Waals surface area contributed by atoms with Gasteiger partial charge < -0.3 is 4.74 Å². The van der Waals surface area contributed by atoms with Crippen molar-refractivity contribution < 1.29 is 4.74 Å². The Hall–Kier alpha value is -1.15. The Kier molecular flexibility index (Phi) is 2.85. The Morgan fingerprint density at radius 2 is 1.56 bits per heavy atom. The molecule has 0 saturated heterocycles. The van der Waals surface area contributed by atoms with Gasteiger partial charge in [-0.3, -0.25) is 0 Å². The zero-order valence-electron chi connectivity index (χ0n) is 9.82. The van der Waals surface area contributed by atoms with Crippen molar-refractivity contribution in [2.45, 2.75) is 31.3 Å². The summed E-state index contributed by atoms with van der Waals surface area (Å²) in [5.41, 5.74) is -0.180. The first-order valence-corrected chi connectivity index (χ1v) is 5.82. The van der Waals surface area contributed by atoms with Crippen LogP contribution in [-0.4, -0.2) is 5.60 Å². The molecule has 0 fully saturated rings. The summed E-state index contributed by atoms with van der Waals surface area (Å²) in [6.07, 6.45) is 0. The first-order chi connectivity index (χ1) is 7.47. The predicted molar refractivity (Wildman–Crippen MR) is 71.6 cm³/mol. The molecule has 2 aromatic rings. The minimum Gasteiger partial charge on any atom is -0.488 e. The summed E-state index contributed by atoms with van der Waals surface area (Å²) in [6, 6.07) is 12.1. The van der Waals surface area contributed by atoms with Crippen molar-refractivity contribution in [3.05, 3.63) is 36.4 Å². The van der Waals surface area contributed by atoms with Crippen molar-refractivity contribution in [1.29, 1.82) is 0 Å². The Bertz CT molecular complexity index is 512. The largest absolute Gasteiger partial charge is 0.488 e. The van der Waals surface area contributed by atoms with Crippen molar-refractivity contribution in [3.63, 3.8) is 0 Å². The SMILES string of the molecule is CC(C)(C)Oc1ccc(S)c2ccccc12. The van der Waals surface area contributed by atoms with E-state index >= 15 is 0 Å². The van der Waals surface area contributed by atoms with Crippen LogP contribution in [0.25, 0.3) is 10.8 Å². The third-order valence-corrected chi connectivity index (χ3v) is 2.67. The highest BCUT2D eigenvalue weighted by atomic mass is 32.1. The average Bonchev–Trinajstić information content (AvgIpc) is 2.21. The third kappa shape index (κ3) is 2.33. The average molecular weight is 232 g/mol. The lowest BCUT2D eigenvalue weighted by Gasteiger charge is -2.22. The van der Waals surface area contributed by atoms with Crippen LogP contribution in [0.3, 0.4) is 0 Å². The van der Waals surface area contributed by atoms with Gasteiger partial charge >= 0.3 is 0 Å². The summed E-state index contributed by atoms with van der Waals surface area (Å²) in [5.74, 6) is 0.918. The summed E-state index contributed by atoms with van der Waals surface area (Å²) >= 11 is 4.45. The van der Waals surface area contributed by atoms with E-state index in [0.29, 0.717) is 0 Å². The second-order valence-electron chi connectivity index (χ2n) is 4.84. The first kappa shape index (κ1) is 11.3. The van der Waals surface area contributed by atoms with E-state index in [1.165, 1.54) is 0 Å². The number of benzene rings is 2. The molecule has 0 N–H and O–H groups in total. The minimum atomic E-state index is -0.180. The van der Waals surface area contributed by atoms with Crippen molar-refractivity contribution in [1.82, 2.24) is 0 Å². The fraction of sp³-hybridized carbons (Fsp3) is 0.286. The van der Waals surface area contributed by atoms with E-state index in [9.17, 15) is 0 Å². The molecule has 0 bridgehead atoms. The van der Waals surface area contributed by atoms with Crippen LogP contribution in [0, 0.1) is 0 Å². The van der Waals surface area contributed by atoms with Gasteiger partial charge in [0.05, 0.1) is 0 Å². The zero-order valence-corrected chi connectivity index (χ0v) is 10.7. The molecule has 2 heteroatoms. The van der Waals surface area contributed by atoms with E-state index in [0.717, 1.165) is 21.4 Å². The summed E-state index contributed by atoms with van der Waals surface area (Å²) in [4.78, 5) is 0.983. The minimum absolute atomic E-state index is 0.180. The number of ether oxygens (including phenoxy) is 1. The molecule has 0 aliphatic heterocycles. The monoisotopic (exact) mass is 232 g/mol. The van der Waals surface area contributed by atoms with Crippen molar-refractivity contribution in [2.24, 2.45) is 0 Å². The van der Waals surface area contributed by atoms with Crippen LogP contribution in [0.1, 0.15) is 20.8 Å². The standard InChI is InChI=1S/C14H16OS/c1-14(2,3)15-12-8-9-13(16)11-7-5-4-6-10(11)12/h4-9,16H,1-3H3. The van der Waals surface area contributed by atoms with Crippen LogP contribution < -0.4 is 4.74 Å². The molecule has 2 aromatic carbocycles. The lowest BCUT2D eigenvalue weighted by molar-refractivity contribution is 0.133. The van der Waals surface area contributed by atoms with Gasteiger partial charge in [0, 0.05) is 10.3 Å². The predicted octanol–water partition coefficient (Wildman–Crippen LogP) is 4.31. The highest BCUT2D eigenvalue weighted by Gasteiger charge is 2.14. The van der Waals surface area contributed by atoms with E-state index in [4.69, 9.17) is 4.74 Å². The van der Waals surface area contributed by atoms with Crippen LogP contribution in [0.2, 0.25) is 0 Å². The molecule has 0 aliphatic carbocycles. The summed E-state index contributed by atoms with van der Waals surface area (Å²) in [7, 11) is 0. The third-order valence-electron chi connectivity index (χ3n) is 2.28. The lowest BCUT2D eigenvalue weighted by Crippen LogP contribution is -2.23. The van der Waals surface area contributed by atoms with Gasteiger partial charge in [-0.2, -0.15) is 0 Å². The van der Waals surface area contributed by atoms with Crippen molar-refractivity contribution in [2.75, 3.05) is 0 Å². The smallest absolute Gasteiger partial charge is 0.127 e. The topological polar surface area (TPSA) is 9.23 Å². The molecule has 1 nitrogen and oxygen atoms in total. The maximum Gasteiger partial charge on any atom is 0.127 e. The molecule has 0 heterocycles. The summed E-state index contributed by atoms with van der Waals surface area (Å²) < 4.78 is 5.94. The van der Waals surface area contributed by atoms with Gasteiger partial charge in [-0.15, -0.1) is 12.6 Å². The van der Waals surface area contributed by atoms with Crippen LogP contribution in [0.15, 0.2) is 41.3 Å². The van der Waals surface area contributed by atoms with Crippen molar-refractivity contribution in [3.8, 4) is 5.75 Å². The number of hydrogen-bond donors (Lipinski definition) is 1. The molecule has 0 spiro atoms. The van der Waals surface area contributed by atoms with Crippen LogP contribution in [-0.2, 0) is 0 Å². The Morgan fingerprint density at radius 1 is 0.938 bits per heavy atom. The molecule has 0 amide bonds. The maximum atomic E-state index is 5.94. The van der Waals surface area contributed by atoms with Crippen LogP contribution >= 0.6 is 12.6 Å². The van der Waals surface area contributed by atoms with Gasteiger partial charge in [-0.25, -0.2) is 0 Å². The highest BCUT2D eigenvalue weighted by molar-refractivity contribution is 7.80. The van der Waals surface area contributed by atoms with Gasteiger partial charge in [0.15, 0.2) is 0 Å². The number of thiol groups is 1. The van der Waals surface area contributed by atoms with E-state index in [1.54, 1.807) is 0 Å². The molecular weight excluding hydrogens is 216 g/mol. The van der Waals surface area contributed by atoms with Gasteiger partial charge in [0.2, 0.25) is 0 Å². The molecule has 0 unspecified atom stereocenters. The molecule has 16 heavy (non-hydrogen) atoms. The maximum absolute atomic E-state index is 5.94. The molecule has 2 rings (SSSR count). The van der Waals surface area contributed by atoms with E-state index in [2.05, 4.69) is 45.5 Å². The van der Waals surface area contributed by atoms with E-state index in [-0.39, 0.29) is 5.60 Å². The Morgan fingerprint density at radius 3 is 2.19 bits per heavy atom. The highest BCUT2D eigenvalue weighted by Crippen LogP contribution is 2.32. The molecular formula is C14H16OS. The second-order valence-corrected chi connectivity index (χ2v) is 5.32. The molecule has 0 saturated carbocycles. The Balaban J connectivity index is 2.59. The zero-order chi connectivity index (χ0) is 11.8. The van der Waals surface area contributed by atoms with Gasteiger partial charge in [0.25, 0.3) is 0 Å². The number of fused-ring (bicyclic) bond motifs is 1. The van der Waals surface area contributed by atoms with Gasteiger partial charge in [0.1, 0.15) is 11.4 Å². The fourth-order valence-corrected chi connectivity index (χ4v) is 1.94. The van der Waals surface area contributed by atoms with Crippen molar-refractivity contribution >= 4 is 23.4 Å². The molecule has 0 atom stereocenters. The van der Waals surface area contributed by atoms with E-state index in [1.807, 2.05) is 24.3 Å². The summed E-state index contributed by atoms with van der Waals surface area (Å²) in [6.45, 7) is 6.16. The number of rotatable bonds is 1.